The summed E-state index contributed by atoms with van der Waals surface area (Å²) in [5, 5.41) is 12.7. The monoisotopic (exact) mass is 370 g/mol. The number of hydrogen-bond acceptors (Lipinski definition) is 5. The van der Waals surface area contributed by atoms with E-state index >= 15 is 0 Å². The van der Waals surface area contributed by atoms with Crippen molar-refractivity contribution < 1.29 is 13.6 Å². The molecule has 1 aromatic carbocycles. The van der Waals surface area contributed by atoms with E-state index < -0.39 is 12.0 Å². The van der Waals surface area contributed by atoms with Crippen molar-refractivity contribution in [3.63, 3.8) is 0 Å². The average molecular weight is 370 g/mol. The van der Waals surface area contributed by atoms with Crippen LogP contribution in [-0.2, 0) is 6.05 Å². The first-order valence-electron chi connectivity index (χ1n) is 8.34. The minimum atomic E-state index is -3.38. The maximum absolute atomic E-state index is 13.9. The lowest BCUT2D eigenvalue weighted by molar-refractivity contribution is -0.0241. The summed E-state index contributed by atoms with van der Waals surface area (Å²) in [5.41, 5.74) is 0.402. The van der Waals surface area contributed by atoms with Crippen LogP contribution in [0, 0.1) is 0 Å². The normalized spacial score (nSPS) is 14.9. The van der Waals surface area contributed by atoms with Gasteiger partial charge in [-0.25, -0.2) is 4.98 Å². The third-order valence-electron chi connectivity index (χ3n) is 4.27. The molecule has 0 spiro atoms. The largest absolute Gasteiger partial charge is 0.353 e. The van der Waals surface area contributed by atoms with E-state index in [1.165, 1.54) is 12.1 Å². The third kappa shape index (κ3) is 2.90. The number of benzene rings is 1. The fourth-order valence-corrected chi connectivity index (χ4v) is 3.01. The summed E-state index contributed by atoms with van der Waals surface area (Å²) < 4.78 is 29.6. The Morgan fingerprint density at radius 2 is 1.96 bits per heavy atom. The van der Waals surface area contributed by atoms with Crippen molar-refractivity contribution in [1.82, 2.24) is 25.1 Å². The van der Waals surface area contributed by atoms with Crippen LogP contribution in [0.15, 0.2) is 42.7 Å². The minimum absolute atomic E-state index is 0.0833. The number of amides is 1. The molecular weight excluding hydrogens is 354 g/mol. The summed E-state index contributed by atoms with van der Waals surface area (Å²) in [6, 6.07) is 6.26. The second kappa shape index (κ2) is 6.11. The molecule has 0 unspecified atom stereocenters. The van der Waals surface area contributed by atoms with E-state index in [0.29, 0.717) is 17.3 Å². The highest BCUT2D eigenvalue weighted by Gasteiger charge is 2.45. The molecule has 1 amide bonds. The van der Waals surface area contributed by atoms with E-state index in [0.717, 1.165) is 0 Å². The van der Waals surface area contributed by atoms with Gasteiger partial charge in [0.1, 0.15) is 17.8 Å². The topological polar surface area (TPSA) is 84.7 Å². The van der Waals surface area contributed by atoms with Crippen LogP contribution in [0.1, 0.15) is 35.8 Å². The van der Waals surface area contributed by atoms with Crippen molar-refractivity contribution in [3.05, 3.63) is 53.9 Å². The molecule has 0 saturated heterocycles. The number of aromatic nitrogens is 4. The zero-order chi connectivity index (χ0) is 19.2. The number of hydrogen-bond donors (Lipinski definition) is 2. The van der Waals surface area contributed by atoms with Gasteiger partial charge in [-0.15, -0.1) is 10.2 Å². The van der Waals surface area contributed by atoms with Crippen LogP contribution < -0.4 is 10.6 Å². The molecule has 9 heteroatoms. The number of halogens is 2. The predicted molar refractivity (Wildman–Crippen MR) is 94.7 cm³/mol. The quantitative estimate of drug-likeness (QED) is 0.687. The smallest absolute Gasteiger partial charge is 0.340 e. The van der Waals surface area contributed by atoms with E-state index in [4.69, 9.17) is 0 Å². The molecule has 3 aromatic rings. The number of carbonyl (C=O) groups is 1. The van der Waals surface area contributed by atoms with Gasteiger partial charge in [-0.05, 0) is 38.1 Å². The zero-order valence-corrected chi connectivity index (χ0v) is 14.6. The maximum atomic E-state index is 13.9. The summed E-state index contributed by atoms with van der Waals surface area (Å²) in [6.45, 7) is 4.00. The van der Waals surface area contributed by atoms with Crippen LogP contribution in [0.5, 0.6) is 0 Å². The third-order valence-corrected chi connectivity index (χ3v) is 4.27. The number of fused-ring (bicyclic) bond motifs is 1. The SMILES string of the molecule is CC(C)n1cnnc1-c1cccc(Nc2cccc3c2C(=O)NC3(F)F)n1. The van der Waals surface area contributed by atoms with E-state index in [-0.39, 0.29) is 22.9 Å². The number of anilines is 2. The van der Waals surface area contributed by atoms with Crippen molar-refractivity contribution in [1.29, 1.82) is 0 Å². The van der Waals surface area contributed by atoms with Gasteiger partial charge in [0.25, 0.3) is 5.91 Å². The summed E-state index contributed by atoms with van der Waals surface area (Å²) in [6.07, 6.45) is 1.62. The Balaban J connectivity index is 1.71. The number of alkyl halides is 2. The molecule has 0 bridgehead atoms. The number of rotatable bonds is 4. The van der Waals surface area contributed by atoms with Crippen molar-refractivity contribution in [3.8, 4) is 11.5 Å². The summed E-state index contributed by atoms with van der Waals surface area (Å²) in [7, 11) is 0. The van der Waals surface area contributed by atoms with Gasteiger partial charge in [-0.3, -0.25) is 10.1 Å². The molecule has 7 nitrogen and oxygen atoms in total. The van der Waals surface area contributed by atoms with E-state index in [1.54, 1.807) is 35.9 Å². The Labute approximate surface area is 153 Å². The molecule has 3 heterocycles. The highest BCUT2D eigenvalue weighted by atomic mass is 19.3. The molecule has 0 aliphatic carbocycles. The summed E-state index contributed by atoms with van der Waals surface area (Å²) >= 11 is 0. The van der Waals surface area contributed by atoms with Crippen molar-refractivity contribution in [2.75, 3.05) is 5.32 Å². The Hall–Kier alpha value is -3.36. The Kier molecular flexibility index (Phi) is 3.87. The first kappa shape index (κ1) is 17.1. The lowest BCUT2D eigenvalue weighted by atomic mass is 10.1. The Bertz CT molecular complexity index is 1030. The molecular formula is C18H16F2N6O. The van der Waals surface area contributed by atoms with Gasteiger partial charge in [0.15, 0.2) is 5.82 Å². The maximum Gasteiger partial charge on any atom is 0.353 e. The standard InChI is InChI=1S/C18H16F2N6O/c1-10(2)26-9-21-25-16(26)13-7-4-8-14(23-13)22-12-6-3-5-11-15(12)17(27)24-18(11,19)20/h3-10H,1-2H3,(H,22,23)(H,24,27). The van der Waals surface area contributed by atoms with Crippen LogP contribution in [0.25, 0.3) is 11.5 Å². The average Bonchev–Trinajstić information content (AvgIpc) is 3.19. The lowest BCUT2D eigenvalue weighted by Crippen LogP contribution is -2.29. The molecule has 0 saturated carbocycles. The molecule has 138 valence electrons. The van der Waals surface area contributed by atoms with E-state index in [2.05, 4.69) is 20.5 Å². The fourth-order valence-electron chi connectivity index (χ4n) is 3.01. The number of nitrogens with one attached hydrogen (secondary N) is 2. The molecule has 1 aliphatic rings. The van der Waals surface area contributed by atoms with Gasteiger partial charge in [0.05, 0.1) is 16.8 Å². The van der Waals surface area contributed by atoms with Crippen LogP contribution in [0.4, 0.5) is 20.3 Å². The number of carbonyl (C=O) groups excluding carboxylic acids is 1. The summed E-state index contributed by atoms with van der Waals surface area (Å²) in [4.78, 5) is 16.5. The van der Waals surface area contributed by atoms with Gasteiger partial charge in [-0.1, -0.05) is 12.1 Å². The van der Waals surface area contributed by atoms with E-state index in [1.807, 2.05) is 18.4 Å². The Morgan fingerprint density at radius 1 is 1.19 bits per heavy atom. The van der Waals surface area contributed by atoms with Crippen LogP contribution >= 0.6 is 0 Å². The molecule has 0 radical (unpaired) electrons. The Morgan fingerprint density at radius 3 is 2.74 bits per heavy atom. The van der Waals surface area contributed by atoms with E-state index in [9.17, 15) is 13.6 Å². The van der Waals surface area contributed by atoms with Crippen LogP contribution in [-0.4, -0.2) is 25.7 Å². The fraction of sp³-hybridized carbons (Fsp3) is 0.222. The first-order chi connectivity index (χ1) is 12.9. The van der Waals surface area contributed by atoms with Crippen molar-refractivity contribution in [2.45, 2.75) is 25.9 Å². The zero-order valence-electron chi connectivity index (χ0n) is 14.6. The molecule has 4 rings (SSSR count). The van der Waals surface area contributed by atoms with Gasteiger partial charge in [0, 0.05) is 6.04 Å². The predicted octanol–water partition coefficient (Wildman–Crippen LogP) is 3.46. The van der Waals surface area contributed by atoms with Gasteiger partial charge < -0.3 is 9.88 Å². The minimum Gasteiger partial charge on any atom is -0.340 e. The van der Waals surface area contributed by atoms with Crippen molar-refractivity contribution >= 4 is 17.4 Å². The molecule has 1 aliphatic heterocycles. The molecule has 2 aromatic heterocycles. The summed E-state index contributed by atoms with van der Waals surface area (Å²) in [5.74, 6) is 0.173. The van der Waals surface area contributed by atoms with Crippen LogP contribution in [0.3, 0.4) is 0 Å². The highest BCUT2D eigenvalue weighted by Crippen LogP contribution is 2.38. The number of nitrogens with zero attached hydrogens (tertiary/aromatic N) is 4. The molecule has 27 heavy (non-hydrogen) atoms. The molecule has 0 fully saturated rings. The second-order valence-electron chi connectivity index (χ2n) is 6.45. The van der Waals surface area contributed by atoms with Crippen molar-refractivity contribution in [2.24, 2.45) is 0 Å². The lowest BCUT2D eigenvalue weighted by Gasteiger charge is -2.12. The molecule has 2 N–H and O–H groups in total. The first-order valence-corrected chi connectivity index (χ1v) is 8.34. The van der Waals surface area contributed by atoms with Gasteiger partial charge >= 0.3 is 6.05 Å². The van der Waals surface area contributed by atoms with Crippen LogP contribution in [0.2, 0.25) is 0 Å². The number of pyridine rings is 1. The molecule has 0 atom stereocenters. The van der Waals surface area contributed by atoms with Gasteiger partial charge in [-0.2, -0.15) is 8.78 Å². The highest BCUT2D eigenvalue weighted by molar-refractivity contribution is 6.04. The second-order valence-corrected chi connectivity index (χ2v) is 6.45. The van der Waals surface area contributed by atoms with Gasteiger partial charge in [0.2, 0.25) is 0 Å².